The Balaban J connectivity index is 1.58. The lowest BCUT2D eigenvalue weighted by atomic mass is 10.0. The summed E-state index contributed by atoms with van der Waals surface area (Å²) in [5.41, 5.74) is 4.95. The number of rotatable bonds is 12. The van der Waals surface area contributed by atoms with Gasteiger partial charge in [-0.3, -0.25) is 13.9 Å². The maximum atomic E-state index is 14.7. The minimum absolute atomic E-state index is 0.0619. The van der Waals surface area contributed by atoms with Crippen molar-refractivity contribution >= 4 is 27.5 Å². The Kier molecular flexibility index (Phi) is 10.6. The average molecular weight is 638 g/mol. The number of benzene rings is 4. The highest BCUT2D eigenvalue weighted by Crippen LogP contribution is 2.29. The molecule has 1 aliphatic rings. The zero-order chi connectivity index (χ0) is 32.7. The van der Waals surface area contributed by atoms with Crippen LogP contribution in [0.5, 0.6) is 0 Å². The molecule has 7 nitrogen and oxygen atoms in total. The predicted molar refractivity (Wildman–Crippen MR) is 183 cm³/mol. The van der Waals surface area contributed by atoms with Crippen molar-refractivity contribution in [3.8, 4) is 0 Å². The quantitative estimate of drug-likeness (QED) is 0.192. The van der Waals surface area contributed by atoms with Gasteiger partial charge >= 0.3 is 0 Å². The van der Waals surface area contributed by atoms with E-state index in [1.807, 2.05) is 87.5 Å². The first kappa shape index (κ1) is 32.9. The molecular weight excluding hydrogens is 595 g/mol. The lowest BCUT2D eigenvalue weighted by Crippen LogP contribution is -2.54. The first-order valence-electron chi connectivity index (χ1n) is 16.0. The molecule has 4 aromatic rings. The van der Waals surface area contributed by atoms with Gasteiger partial charge in [0.2, 0.25) is 11.8 Å². The highest BCUT2D eigenvalue weighted by molar-refractivity contribution is 7.92. The summed E-state index contributed by atoms with van der Waals surface area (Å²) in [6.07, 6.45) is 4.23. The van der Waals surface area contributed by atoms with Crippen molar-refractivity contribution in [3.05, 3.63) is 131 Å². The van der Waals surface area contributed by atoms with Crippen molar-refractivity contribution in [3.63, 3.8) is 0 Å². The van der Waals surface area contributed by atoms with Crippen molar-refractivity contribution in [1.82, 2.24) is 10.2 Å². The van der Waals surface area contributed by atoms with E-state index in [-0.39, 0.29) is 23.4 Å². The second-order valence-electron chi connectivity index (χ2n) is 12.3. The van der Waals surface area contributed by atoms with Crippen LogP contribution in [-0.2, 0) is 32.6 Å². The Morgan fingerprint density at radius 3 is 2.07 bits per heavy atom. The van der Waals surface area contributed by atoms with Crippen molar-refractivity contribution in [2.45, 2.75) is 76.4 Å². The fourth-order valence-corrected chi connectivity index (χ4v) is 7.75. The van der Waals surface area contributed by atoms with E-state index in [9.17, 15) is 18.0 Å². The van der Waals surface area contributed by atoms with Crippen LogP contribution in [0, 0.1) is 20.8 Å². The van der Waals surface area contributed by atoms with Gasteiger partial charge in [-0.05, 0) is 68.5 Å². The van der Waals surface area contributed by atoms with Gasteiger partial charge in [0.25, 0.3) is 10.0 Å². The highest BCUT2D eigenvalue weighted by atomic mass is 32.2. The minimum atomic E-state index is -4.14. The monoisotopic (exact) mass is 637 g/mol. The summed E-state index contributed by atoms with van der Waals surface area (Å²) in [5, 5.41) is 3.22. The Labute approximate surface area is 273 Å². The van der Waals surface area contributed by atoms with Crippen LogP contribution >= 0.6 is 0 Å². The zero-order valence-electron chi connectivity index (χ0n) is 26.9. The third-order valence-electron chi connectivity index (χ3n) is 8.64. The topological polar surface area (TPSA) is 86.8 Å². The van der Waals surface area contributed by atoms with Gasteiger partial charge in [-0.15, -0.1) is 0 Å². The molecule has 8 heteroatoms. The molecule has 0 heterocycles. The zero-order valence-corrected chi connectivity index (χ0v) is 27.7. The third-order valence-corrected chi connectivity index (χ3v) is 10.4. The Hall–Kier alpha value is -4.43. The van der Waals surface area contributed by atoms with Crippen molar-refractivity contribution in [2.24, 2.45) is 0 Å². The number of nitrogens with zero attached hydrogens (tertiary/aromatic N) is 2. The fourth-order valence-electron chi connectivity index (χ4n) is 6.25. The summed E-state index contributed by atoms with van der Waals surface area (Å²) in [4.78, 5) is 30.5. The Bertz CT molecular complexity index is 1750. The molecule has 0 spiro atoms. The second kappa shape index (κ2) is 14.8. The number of anilines is 1. The SMILES string of the molecule is Cc1cccc(CN(C(=O)CN(c2ccc(C)cc2C)S(=O)(=O)c2ccccc2)C(Cc2ccccc2)C(=O)NC2CCCC2)c1. The van der Waals surface area contributed by atoms with Gasteiger partial charge in [0.05, 0.1) is 10.6 Å². The maximum Gasteiger partial charge on any atom is 0.264 e. The van der Waals surface area contributed by atoms with E-state index in [0.29, 0.717) is 12.1 Å². The minimum Gasteiger partial charge on any atom is -0.352 e. The summed E-state index contributed by atoms with van der Waals surface area (Å²) in [6.45, 7) is 5.46. The number of carbonyl (C=O) groups excluding carboxylic acids is 2. The largest absolute Gasteiger partial charge is 0.352 e. The summed E-state index contributed by atoms with van der Waals surface area (Å²) in [5.74, 6) is -0.677. The molecular formula is C38H43N3O4S. The van der Waals surface area contributed by atoms with E-state index in [1.165, 1.54) is 16.4 Å². The molecule has 0 aliphatic heterocycles. The fraction of sp³-hybridized carbons (Fsp3) is 0.316. The van der Waals surface area contributed by atoms with Gasteiger partial charge in [0.15, 0.2) is 0 Å². The molecule has 1 fully saturated rings. The van der Waals surface area contributed by atoms with E-state index in [4.69, 9.17) is 0 Å². The molecule has 0 saturated heterocycles. The van der Waals surface area contributed by atoms with Gasteiger partial charge in [0.1, 0.15) is 12.6 Å². The van der Waals surface area contributed by atoms with E-state index in [0.717, 1.165) is 53.5 Å². The van der Waals surface area contributed by atoms with Crippen LogP contribution in [0.3, 0.4) is 0 Å². The molecule has 0 radical (unpaired) electrons. The lowest BCUT2D eigenvalue weighted by molar-refractivity contribution is -0.140. The molecule has 0 aromatic heterocycles. The molecule has 240 valence electrons. The van der Waals surface area contributed by atoms with Crippen molar-refractivity contribution in [2.75, 3.05) is 10.8 Å². The molecule has 0 bridgehead atoms. The molecule has 1 aliphatic carbocycles. The number of hydrogen-bond donors (Lipinski definition) is 1. The number of aryl methyl sites for hydroxylation is 3. The lowest BCUT2D eigenvalue weighted by Gasteiger charge is -2.34. The smallest absolute Gasteiger partial charge is 0.264 e. The standard InChI is InChI=1S/C38H43N3O4S/c1-28-13-12-16-32(24-28)26-40(36(25-31-14-6-4-7-15-31)38(43)39-33-17-10-11-18-33)37(42)27-41(35-22-21-29(2)23-30(35)3)46(44,45)34-19-8-5-9-20-34/h4-9,12-16,19-24,33,36H,10-11,17-18,25-27H2,1-3H3,(H,39,43). The first-order chi connectivity index (χ1) is 22.1. The van der Waals surface area contributed by atoms with E-state index >= 15 is 0 Å². The maximum absolute atomic E-state index is 14.7. The van der Waals surface area contributed by atoms with Crippen LogP contribution < -0.4 is 9.62 Å². The highest BCUT2D eigenvalue weighted by Gasteiger charge is 2.36. The number of amides is 2. The van der Waals surface area contributed by atoms with Crippen molar-refractivity contribution < 1.29 is 18.0 Å². The summed E-state index contributed by atoms with van der Waals surface area (Å²) in [6, 6.07) is 30.4. The number of nitrogens with one attached hydrogen (secondary N) is 1. The van der Waals surface area contributed by atoms with Gasteiger partial charge in [-0.2, -0.15) is 0 Å². The number of carbonyl (C=O) groups is 2. The van der Waals surface area contributed by atoms with Gasteiger partial charge in [-0.25, -0.2) is 8.42 Å². The van der Waals surface area contributed by atoms with Crippen LogP contribution in [0.2, 0.25) is 0 Å². The predicted octanol–water partition coefficient (Wildman–Crippen LogP) is 6.51. The summed E-state index contributed by atoms with van der Waals surface area (Å²) < 4.78 is 29.7. The van der Waals surface area contributed by atoms with Gasteiger partial charge < -0.3 is 10.2 Å². The van der Waals surface area contributed by atoms with Crippen LogP contribution in [0.25, 0.3) is 0 Å². The van der Waals surface area contributed by atoms with Crippen LogP contribution in [-0.4, -0.2) is 43.8 Å². The molecule has 4 aromatic carbocycles. The van der Waals surface area contributed by atoms with E-state index in [2.05, 4.69) is 5.32 Å². The number of hydrogen-bond acceptors (Lipinski definition) is 4. The van der Waals surface area contributed by atoms with Crippen LogP contribution in [0.1, 0.15) is 53.5 Å². The summed E-state index contributed by atoms with van der Waals surface area (Å²) in [7, 11) is -4.14. The van der Waals surface area contributed by atoms with Gasteiger partial charge in [0, 0.05) is 19.0 Å². The number of sulfonamides is 1. The molecule has 1 N–H and O–H groups in total. The Morgan fingerprint density at radius 1 is 0.783 bits per heavy atom. The van der Waals surface area contributed by atoms with Crippen LogP contribution in [0.4, 0.5) is 5.69 Å². The van der Waals surface area contributed by atoms with Crippen LogP contribution in [0.15, 0.2) is 108 Å². The van der Waals surface area contributed by atoms with Crippen molar-refractivity contribution in [1.29, 1.82) is 0 Å². The third kappa shape index (κ3) is 8.04. The average Bonchev–Trinajstić information content (AvgIpc) is 3.56. The molecule has 2 amide bonds. The normalized spacial score (nSPS) is 14.1. The van der Waals surface area contributed by atoms with Gasteiger partial charge in [-0.1, -0.05) is 109 Å². The summed E-state index contributed by atoms with van der Waals surface area (Å²) >= 11 is 0. The second-order valence-corrected chi connectivity index (χ2v) is 14.2. The van der Waals surface area contributed by atoms with E-state index in [1.54, 1.807) is 29.2 Å². The molecule has 1 saturated carbocycles. The first-order valence-corrected chi connectivity index (χ1v) is 17.4. The van der Waals surface area contributed by atoms with E-state index < -0.39 is 28.5 Å². The molecule has 46 heavy (non-hydrogen) atoms. The Morgan fingerprint density at radius 2 is 1.41 bits per heavy atom. The molecule has 5 rings (SSSR count). The molecule has 1 unspecified atom stereocenters. The molecule has 1 atom stereocenters.